The second-order valence-electron chi connectivity index (χ2n) is 5.31. The van der Waals surface area contributed by atoms with Crippen LogP contribution in [0.4, 0.5) is 10.8 Å². The number of hydrogen-bond donors (Lipinski definition) is 3. The lowest BCUT2D eigenvalue weighted by molar-refractivity contribution is -0.129. The van der Waals surface area contributed by atoms with Gasteiger partial charge in [0, 0.05) is 10.6 Å². The van der Waals surface area contributed by atoms with Crippen LogP contribution < -0.4 is 11.1 Å². The van der Waals surface area contributed by atoms with Gasteiger partial charge >= 0.3 is 0 Å². The molecule has 10 heteroatoms. The van der Waals surface area contributed by atoms with E-state index in [1.807, 2.05) is 0 Å². The molecule has 2 aromatic heterocycles. The third-order valence-corrected chi connectivity index (χ3v) is 6.54. The van der Waals surface area contributed by atoms with Crippen LogP contribution in [0.25, 0.3) is 10.6 Å². The Hall–Kier alpha value is -1.35. The summed E-state index contributed by atoms with van der Waals surface area (Å²) in [6.45, 7) is 0. The summed E-state index contributed by atoms with van der Waals surface area (Å²) in [6, 6.07) is 6.46. The summed E-state index contributed by atoms with van der Waals surface area (Å²) in [7, 11) is 0. The standard InChI is InChI=1S/C15H8Cl3N3O2S2/c16-5-3-6-10(7(17)4-5)20-13(22)15(6,23)12-11(21-14(19)25-12)8-1-2-9(18)24-8/h1-4,23H,(H2,19,21)(H,20,22). The number of aliphatic hydroxyl groups is 1. The molecule has 1 atom stereocenters. The highest BCUT2D eigenvalue weighted by Gasteiger charge is 2.51. The maximum Gasteiger partial charge on any atom is 0.266 e. The summed E-state index contributed by atoms with van der Waals surface area (Å²) in [6.07, 6.45) is 0. The van der Waals surface area contributed by atoms with Crippen molar-refractivity contribution >= 4 is 74.2 Å². The molecule has 0 fully saturated rings. The molecule has 1 aliphatic heterocycles. The first-order valence-corrected chi connectivity index (χ1v) is 9.63. The van der Waals surface area contributed by atoms with Crippen LogP contribution in [-0.4, -0.2) is 16.0 Å². The molecule has 0 bridgehead atoms. The van der Waals surface area contributed by atoms with Gasteiger partial charge in [-0.05, 0) is 24.3 Å². The van der Waals surface area contributed by atoms with Crippen LogP contribution >= 0.6 is 57.5 Å². The van der Waals surface area contributed by atoms with E-state index in [4.69, 9.17) is 40.5 Å². The third kappa shape index (κ3) is 2.54. The number of thiazole rings is 1. The highest BCUT2D eigenvalue weighted by molar-refractivity contribution is 7.20. The van der Waals surface area contributed by atoms with Gasteiger partial charge in [0.1, 0.15) is 5.69 Å². The molecular formula is C15H8Cl3N3O2S2. The quantitative estimate of drug-likeness (QED) is 0.552. The van der Waals surface area contributed by atoms with Crippen molar-refractivity contribution in [3.05, 3.63) is 49.1 Å². The lowest BCUT2D eigenvalue weighted by Gasteiger charge is -2.20. The molecule has 3 heterocycles. The van der Waals surface area contributed by atoms with Crippen LogP contribution in [-0.2, 0) is 10.4 Å². The fourth-order valence-corrected chi connectivity index (χ4v) is 5.32. The molecule has 3 aromatic rings. The van der Waals surface area contributed by atoms with Gasteiger partial charge in [-0.1, -0.05) is 46.1 Å². The van der Waals surface area contributed by atoms with Gasteiger partial charge in [0.05, 0.1) is 24.8 Å². The fourth-order valence-electron chi connectivity index (χ4n) is 2.73. The van der Waals surface area contributed by atoms with Gasteiger partial charge in [0.25, 0.3) is 5.91 Å². The highest BCUT2D eigenvalue weighted by Crippen LogP contribution is 2.50. The number of nitrogens with zero attached hydrogens (tertiary/aromatic N) is 1. The molecule has 1 aromatic carbocycles. The molecule has 1 amide bonds. The molecule has 0 saturated heterocycles. The smallest absolute Gasteiger partial charge is 0.266 e. The maximum atomic E-state index is 12.7. The molecule has 0 saturated carbocycles. The Labute approximate surface area is 165 Å². The van der Waals surface area contributed by atoms with Gasteiger partial charge < -0.3 is 16.2 Å². The summed E-state index contributed by atoms with van der Waals surface area (Å²) >= 11 is 20.5. The molecule has 1 aliphatic rings. The summed E-state index contributed by atoms with van der Waals surface area (Å²) < 4.78 is 0.557. The highest BCUT2D eigenvalue weighted by atomic mass is 35.5. The second-order valence-corrected chi connectivity index (χ2v) is 8.90. The first kappa shape index (κ1) is 17.1. The van der Waals surface area contributed by atoms with Crippen molar-refractivity contribution in [2.24, 2.45) is 0 Å². The van der Waals surface area contributed by atoms with Crippen LogP contribution in [0, 0.1) is 0 Å². The van der Waals surface area contributed by atoms with Crippen molar-refractivity contribution in [1.82, 2.24) is 4.98 Å². The number of nitrogen functional groups attached to an aromatic ring is 1. The number of aromatic nitrogens is 1. The van der Waals surface area contributed by atoms with Crippen molar-refractivity contribution in [2.75, 3.05) is 11.1 Å². The number of benzene rings is 1. The van der Waals surface area contributed by atoms with E-state index < -0.39 is 11.5 Å². The maximum absolute atomic E-state index is 12.7. The fraction of sp³-hybridized carbons (Fsp3) is 0.0667. The van der Waals surface area contributed by atoms with E-state index in [-0.39, 0.29) is 20.6 Å². The normalized spacial score (nSPS) is 19.1. The van der Waals surface area contributed by atoms with Crippen molar-refractivity contribution < 1.29 is 9.90 Å². The number of carbonyl (C=O) groups excluding carboxylic acids is 1. The zero-order valence-electron chi connectivity index (χ0n) is 12.1. The molecule has 0 spiro atoms. The monoisotopic (exact) mass is 431 g/mol. The minimum Gasteiger partial charge on any atom is -0.375 e. The van der Waals surface area contributed by atoms with Crippen molar-refractivity contribution in [2.45, 2.75) is 5.60 Å². The molecular weight excluding hydrogens is 425 g/mol. The predicted octanol–water partition coefficient (Wildman–Crippen LogP) is 4.60. The third-order valence-electron chi connectivity index (χ3n) is 3.79. The second kappa shape index (κ2) is 5.84. The molecule has 4 N–H and O–H groups in total. The van der Waals surface area contributed by atoms with Gasteiger partial charge in [-0.3, -0.25) is 4.79 Å². The van der Waals surface area contributed by atoms with E-state index in [1.165, 1.54) is 23.5 Å². The van der Waals surface area contributed by atoms with Gasteiger partial charge in [-0.2, -0.15) is 0 Å². The first-order valence-electron chi connectivity index (χ1n) is 6.86. The summed E-state index contributed by atoms with van der Waals surface area (Å²) in [5.41, 5.74) is 4.85. The number of carbonyl (C=O) groups is 1. The average Bonchev–Trinajstić information content (AvgIpc) is 3.20. The van der Waals surface area contributed by atoms with Crippen LogP contribution in [0.5, 0.6) is 0 Å². The Balaban J connectivity index is 1.99. The Bertz CT molecular complexity index is 1030. The molecule has 25 heavy (non-hydrogen) atoms. The number of halogens is 3. The lowest BCUT2D eigenvalue weighted by Crippen LogP contribution is -2.35. The summed E-state index contributed by atoms with van der Waals surface area (Å²) in [5.74, 6) is -0.640. The number of nitrogens with one attached hydrogen (secondary N) is 1. The number of nitrogens with two attached hydrogens (primary N) is 1. The van der Waals surface area contributed by atoms with Crippen LogP contribution in [0.3, 0.4) is 0 Å². The Morgan fingerprint density at radius 2 is 1.96 bits per heavy atom. The zero-order chi connectivity index (χ0) is 17.9. The average molecular weight is 433 g/mol. The number of anilines is 2. The number of fused-ring (bicyclic) bond motifs is 1. The number of hydrogen-bond acceptors (Lipinski definition) is 6. The van der Waals surface area contributed by atoms with Crippen molar-refractivity contribution in [3.8, 4) is 10.6 Å². The Kier molecular flexibility index (Phi) is 3.99. The zero-order valence-corrected chi connectivity index (χ0v) is 16.0. The van der Waals surface area contributed by atoms with Gasteiger partial charge in [-0.25, -0.2) is 4.98 Å². The van der Waals surface area contributed by atoms with Gasteiger partial charge in [-0.15, -0.1) is 11.3 Å². The Morgan fingerprint density at radius 1 is 1.20 bits per heavy atom. The lowest BCUT2D eigenvalue weighted by atomic mass is 9.92. The van der Waals surface area contributed by atoms with Gasteiger partial charge in [0.15, 0.2) is 5.13 Å². The largest absolute Gasteiger partial charge is 0.375 e. The van der Waals surface area contributed by atoms with E-state index >= 15 is 0 Å². The first-order chi connectivity index (χ1) is 11.8. The molecule has 0 aliphatic carbocycles. The van der Waals surface area contributed by atoms with Crippen molar-refractivity contribution in [3.63, 3.8) is 0 Å². The molecule has 4 rings (SSSR count). The minimum absolute atomic E-state index is 0.220. The van der Waals surface area contributed by atoms with Crippen LogP contribution in [0.1, 0.15) is 10.4 Å². The van der Waals surface area contributed by atoms with Crippen LogP contribution in [0.2, 0.25) is 14.4 Å². The van der Waals surface area contributed by atoms with Crippen LogP contribution in [0.15, 0.2) is 24.3 Å². The number of amides is 1. The molecule has 5 nitrogen and oxygen atoms in total. The topological polar surface area (TPSA) is 88.2 Å². The molecule has 0 radical (unpaired) electrons. The van der Waals surface area contributed by atoms with E-state index in [9.17, 15) is 9.90 Å². The predicted molar refractivity (Wildman–Crippen MR) is 103 cm³/mol. The summed E-state index contributed by atoms with van der Waals surface area (Å²) in [4.78, 5) is 17.9. The molecule has 1 unspecified atom stereocenters. The molecule has 128 valence electrons. The minimum atomic E-state index is -2.00. The van der Waals surface area contributed by atoms with E-state index in [2.05, 4.69) is 10.3 Å². The SMILES string of the molecule is Nc1nc(-c2ccc(Cl)s2)c(C2(O)C(=O)Nc3c(Cl)cc(Cl)cc32)s1. The summed E-state index contributed by atoms with van der Waals surface area (Å²) in [5, 5.41) is 14.7. The Morgan fingerprint density at radius 3 is 2.64 bits per heavy atom. The van der Waals surface area contributed by atoms with Gasteiger partial charge in [0.2, 0.25) is 5.60 Å². The number of thiophene rings is 1. The van der Waals surface area contributed by atoms with E-state index in [0.717, 1.165) is 11.3 Å². The van der Waals surface area contributed by atoms with Crippen molar-refractivity contribution in [1.29, 1.82) is 0 Å². The van der Waals surface area contributed by atoms with E-state index in [0.29, 0.717) is 25.6 Å². The van der Waals surface area contributed by atoms with E-state index in [1.54, 1.807) is 12.1 Å². The number of rotatable bonds is 2.